The molecule has 1 saturated heterocycles. The lowest BCUT2D eigenvalue weighted by Gasteiger charge is -2.40. The average Bonchev–Trinajstić information content (AvgIpc) is 2.46. The van der Waals surface area contributed by atoms with Gasteiger partial charge in [0.05, 0.1) is 0 Å². The first-order valence-corrected chi connectivity index (χ1v) is 7.43. The minimum Gasteiger partial charge on any atom is -0.309 e. The van der Waals surface area contributed by atoms with E-state index in [9.17, 15) is 0 Å². The molecular weight excluding hydrogens is 234 g/mol. The summed E-state index contributed by atoms with van der Waals surface area (Å²) in [6, 6.07) is 11.8. The third-order valence-corrected chi connectivity index (χ3v) is 4.18. The Hall–Kier alpha value is -0.900. The highest BCUT2D eigenvalue weighted by atomic mass is 15.3. The Kier molecular flexibility index (Phi) is 5.37. The molecule has 2 unspecified atom stereocenters. The number of nitrogens with zero attached hydrogens (tertiary/aromatic N) is 2. The van der Waals surface area contributed by atoms with Gasteiger partial charge in [0.1, 0.15) is 0 Å². The van der Waals surface area contributed by atoms with Crippen LogP contribution in [0.2, 0.25) is 0 Å². The zero-order valence-electron chi connectivity index (χ0n) is 12.5. The van der Waals surface area contributed by atoms with Crippen LogP contribution < -0.4 is 5.32 Å². The summed E-state index contributed by atoms with van der Waals surface area (Å²) in [4.78, 5) is 5.02. The highest BCUT2D eigenvalue weighted by molar-refractivity contribution is 5.20. The molecule has 0 radical (unpaired) electrons. The van der Waals surface area contributed by atoms with E-state index in [-0.39, 0.29) is 0 Å². The van der Waals surface area contributed by atoms with Crippen LogP contribution in [0, 0.1) is 0 Å². The summed E-state index contributed by atoms with van der Waals surface area (Å²) in [6.45, 7) is 10.3. The molecule has 3 heteroatoms. The van der Waals surface area contributed by atoms with Crippen molar-refractivity contribution in [1.29, 1.82) is 0 Å². The second-order valence-corrected chi connectivity index (χ2v) is 5.53. The Balaban J connectivity index is 2.06. The highest BCUT2D eigenvalue weighted by Gasteiger charge is 2.26. The van der Waals surface area contributed by atoms with Gasteiger partial charge in [-0.15, -0.1) is 0 Å². The first kappa shape index (κ1) is 14.5. The normalized spacial score (nSPS) is 21.2. The molecule has 1 fully saturated rings. The van der Waals surface area contributed by atoms with Gasteiger partial charge in [-0.3, -0.25) is 4.90 Å². The molecular formula is C16H27N3. The van der Waals surface area contributed by atoms with Crippen LogP contribution in [0.3, 0.4) is 0 Å². The maximum absolute atomic E-state index is 3.65. The Bertz CT molecular complexity index is 358. The zero-order chi connectivity index (χ0) is 13.7. The van der Waals surface area contributed by atoms with Crippen molar-refractivity contribution in [2.75, 3.05) is 39.8 Å². The summed E-state index contributed by atoms with van der Waals surface area (Å²) in [6.07, 6.45) is 0. The molecule has 1 N–H and O–H groups in total. The average molecular weight is 261 g/mol. The summed E-state index contributed by atoms with van der Waals surface area (Å²) in [5.74, 6) is 0. The predicted molar refractivity (Wildman–Crippen MR) is 81.4 cm³/mol. The monoisotopic (exact) mass is 261 g/mol. The van der Waals surface area contributed by atoms with Gasteiger partial charge < -0.3 is 10.2 Å². The molecule has 1 aromatic carbocycles. The number of hydrogen-bond acceptors (Lipinski definition) is 3. The van der Waals surface area contributed by atoms with E-state index >= 15 is 0 Å². The van der Waals surface area contributed by atoms with Crippen molar-refractivity contribution in [1.82, 2.24) is 15.1 Å². The Morgan fingerprint density at radius 3 is 2.32 bits per heavy atom. The van der Waals surface area contributed by atoms with Crippen molar-refractivity contribution in [3.05, 3.63) is 35.9 Å². The second-order valence-electron chi connectivity index (χ2n) is 5.53. The molecule has 2 atom stereocenters. The summed E-state index contributed by atoms with van der Waals surface area (Å²) >= 11 is 0. The minimum absolute atomic E-state index is 0.426. The number of rotatable bonds is 5. The van der Waals surface area contributed by atoms with Gasteiger partial charge in [0, 0.05) is 38.3 Å². The van der Waals surface area contributed by atoms with Gasteiger partial charge in [-0.05, 0) is 26.1 Å². The number of benzene rings is 1. The molecule has 0 aliphatic carbocycles. The fourth-order valence-electron chi connectivity index (χ4n) is 2.89. The fourth-order valence-corrected chi connectivity index (χ4v) is 2.89. The summed E-state index contributed by atoms with van der Waals surface area (Å²) in [5.41, 5.74) is 1.40. The molecule has 0 bridgehead atoms. The summed E-state index contributed by atoms with van der Waals surface area (Å²) < 4.78 is 0. The summed E-state index contributed by atoms with van der Waals surface area (Å²) in [7, 11) is 2.21. The van der Waals surface area contributed by atoms with Gasteiger partial charge in [0.25, 0.3) is 0 Å². The SMILES string of the molecule is CCNC(c1ccccc1)C(C)N1CCN(C)CC1. The van der Waals surface area contributed by atoms with Crippen molar-refractivity contribution < 1.29 is 0 Å². The van der Waals surface area contributed by atoms with E-state index in [1.807, 2.05) is 0 Å². The van der Waals surface area contributed by atoms with Gasteiger partial charge in [0.15, 0.2) is 0 Å². The lowest BCUT2D eigenvalue weighted by atomic mass is 9.98. The third kappa shape index (κ3) is 3.78. The number of piperazine rings is 1. The minimum atomic E-state index is 0.426. The predicted octanol–water partition coefficient (Wildman–Crippen LogP) is 1.97. The van der Waals surface area contributed by atoms with Crippen LogP contribution in [0.5, 0.6) is 0 Å². The maximum Gasteiger partial charge on any atom is 0.0475 e. The van der Waals surface area contributed by atoms with E-state index in [1.165, 1.54) is 31.7 Å². The van der Waals surface area contributed by atoms with Crippen molar-refractivity contribution in [3.63, 3.8) is 0 Å². The first-order valence-electron chi connectivity index (χ1n) is 7.43. The smallest absolute Gasteiger partial charge is 0.0475 e. The largest absolute Gasteiger partial charge is 0.309 e. The van der Waals surface area contributed by atoms with Crippen molar-refractivity contribution in [2.45, 2.75) is 25.9 Å². The molecule has 0 saturated carbocycles. The van der Waals surface area contributed by atoms with Crippen molar-refractivity contribution >= 4 is 0 Å². The van der Waals surface area contributed by atoms with Gasteiger partial charge in [-0.1, -0.05) is 37.3 Å². The first-order chi connectivity index (χ1) is 9.22. The van der Waals surface area contributed by atoms with E-state index in [2.05, 4.69) is 66.3 Å². The van der Waals surface area contributed by atoms with Crippen LogP contribution in [0.1, 0.15) is 25.5 Å². The standard InChI is InChI=1S/C16H27N3/c1-4-17-16(15-8-6-5-7-9-15)14(2)19-12-10-18(3)11-13-19/h5-9,14,16-17H,4,10-13H2,1-3H3. The van der Waals surface area contributed by atoms with Crippen LogP contribution in [0.4, 0.5) is 0 Å². The van der Waals surface area contributed by atoms with Gasteiger partial charge >= 0.3 is 0 Å². The molecule has 2 rings (SSSR count). The zero-order valence-corrected chi connectivity index (χ0v) is 12.5. The lowest BCUT2D eigenvalue weighted by Crippen LogP contribution is -2.51. The number of hydrogen-bond donors (Lipinski definition) is 1. The molecule has 3 nitrogen and oxygen atoms in total. The Labute approximate surface area is 117 Å². The molecule has 0 amide bonds. The maximum atomic E-state index is 3.65. The van der Waals surface area contributed by atoms with Crippen molar-refractivity contribution in [2.24, 2.45) is 0 Å². The molecule has 1 aliphatic heterocycles. The highest BCUT2D eigenvalue weighted by Crippen LogP contribution is 2.21. The quantitative estimate of drug-likeness (QED) is 0.874. The van der Waals surface area contributed by atoms with E-state index in [0.717, 1.165) is 6.54 Å². The van der Waals surface area contributed by atoms with Crippen LogP contribution in [-0.4, -0.2) is 55.6 Å². The van der Waals surface area contributed by atoms with Crippen LogP contribution >= 0.6 is 0 Å². The van der Waals surface area contributed by atoms with Crippen LogP contribution in [-0.2, 0) is 0 Å². The molecule has 19 heavy (non-hydrogen) atoms. The summed E-state index contributed by atoms with van der Waals surface area (Å²) in [5, 5.41) is 3.65. The van der Waals surface area contributed by atoms with Gasteiger partial charge in [-0.2, -0.15) is 0 Å². The molecule has 0 spiro atoms. The number of nitrogens with one attached hydrogen (secondary N) is 1. The Morgan fingerprint density at radius 1 is 1.11 bits per heavy atom. The van der Waals surface area contributed by atoms with Gasteiger partial charge in [-0.25, -0.2) is 0 Å². The Morgan fingerprint density at radius 2 is 1.74 bits per heavy atom. The van der Waals surface area contributed by atoms with E-state index < -0.39 is 0 Å². The molecule has 0 aromatic heterocycles. The molecule has 1 aliphatic rings. The van der Waals surface area contributed by atoms with Crippen LogP contribution in [0.15, 0.2) is 30.3 Å². The molecule has 106 valence electrons. The van der Waals surface area contributed by atoms with E-state index in [4.69, 9.17) is 0 Å². The number of likely N-dealkylation sites (N-methyl/N-ethyl adjacent to an activating group) is 2. The van der Waals surface area contributed by atoms with Gasteiger partial charge in [0.2, 0.25) is 0 Å². The lowest BCUT2D eigenvalue weighted by molar-refractivity contribution is 0.0991. The second kappa shape index (κ2) is 7.04. The third-order valence-electron chi connectivity index (χ3n) is 4.18. The topological polar surface area (TPSA) is 18.5 Å². The fraction of sp³-hybridized carbons (Fsp3) is 0.625. The molecule has 1 aromatic rings. The molecule has 1 heterocycles. The van der Waals surface area contributed by atoms with E-state index in [1.54, 1.807) is 0 Å². The van der Waals surface area contributed by atoms with Crippen LogP contribution in [0.25, 0.3) is 0 Å². The van der Waals surface area contributed by atoms with Crippen molar-refractivity contribution in [3.8, 4) is 0 Å². The van der Waals surface area contributed by atoms with E-state index in [0.29, 0.717) is 12.1 Å².